The van der Waals surface area contributed by atoms with Gasteiger partial charge in [-0.2, -0.15) is 0 Å². The highest BCUT2D eigenvalue weighted by molar-refractivity contribution is 7.99. The molecule has 0 aliphatic carbocycles. The molecule has 1 heterocycles. The predicted octanol–water partition coefficient (Wildman–Crippen LogP) is 7.40. The Morgan fingerprint density at radius 2 is 1.59 bits per heavy atom. The fraction of sp³-hybridized carbons (Fsp3) is 0.192. The highest BCUT2D eigenvalue weighted by Crippen LogP contribution is 2.40. The lowest BCUT2D eigenvalue weighted by molar-refractivity contribution is 0.415. The van der Waals surface area contributed by atoms with Crippen LogP contribution in [0.5, 0.6) is 5.75 Å². The third-order valence-corrected chi connectivity index (χ3v) is 6.11. The van der Waals surface area contributed by atoms with Crippen molar-refractivity contribution in [3.63, 3.8) is 0 Å². The van der Waals surface area contributed by atoms with E-state index in [1.165, 1.54) is 27.0 Å². The summed E-state index contributed by atoms with van der Waals surface area (Å²) >= 11 is 1.76. The van der Waals surface area contributed by atoms with Crippen LogP contribution in [-0.2, 0) is 6.42 Å². The number of nitrogens with zero attached hydrogens (tertiary/aromatic N) is 1. The van der Waals surface area contributed by atoms with Gasteiger partial charge < -0.3 is 4.74 Å². The lowest BCUT2D eigenvalue weighted by Crippen LogP contribution is -1.99. The molecule has 0 saturated heterocycles. The van der Waals surface area contributed by atoms with Crippen molar-refractivity contribution in [2.24, 2.45) is 0 Å². The molecule has 0 fully saturated rings. The van der Waals surface area contributed by atoms with Crippen molar-refractivity contribution in [2.75, 3.05) is 7.11 Å². The summed E-state index contributed by atoms with van der Waals surface area (Å²) in [6.07, 6.45) is 3.32. The zero-order chi connectivity index (χ0) is 20.1. The van der Waals surface area contributed by atoms with Crippen LogP contribution in [0, 0.1) is 0 Å². The number of hydrogen-bond acceptors (Lipinski definition) is 3. The molecule has 1 aromatic heterocycles. The smallest absolute Gasteiger partial charge is 0.118 e. The third-order valence-electron chi connectivity index (χ3n) is 5.07. The average Bonchev–Trinajstić information content (AvgIpc) is 2.78. The van der Waals surface area contributed by atoms with Gasteiger partial charge in [-0.15, -0.1) is 0 Å². The van der Waals surface area contributed by atoms with Crippen LogP contribution in [0.15, 0.2) is 88.8 Å². The molecule has 4 aromatic rings. The predicted molar refractivity (Wildman–Crippen MR) is 123 cm³/mol. The maximum absolute atomic E-state index is 5.37. The summed E-state index contributed by atoms with van der Waals surface area (Å²) in [5, 5.41) is 2.32. The number of fused-ring (bicyclic) bond motifs is 1. The fourth-order valence-electron chi connectivity index (χ4n) is 3.59. The van der Waals surface area contributed by atoms with Crippen LogP contribution in [-0.4, -0.2) is 12.1 Å². The van der Waals surface area contributed by atoms with E-state index in [-0.39, 0.29) is 0 Å². The van der Waals surface area contributed by atoms with Crippen LogP contribution < -0.4 is 4.74 Å². The van der Waals surface area contributed by atoms with E-state index in [1.54, 1.807) is 18.9 Å². The molecule has 3 heteroatoms. The van der Waals surface area contributed by atoms with E-state index in [2.05, 4.69) is 73.7 Å². The molecule has 146 valence electrons. The maximum atomic E-state index is 5.37. The fourth-order valence-corrected chi connectivity index (χ4v) is 4.57. The topological polar surface area (TPSA) is 22.1 Å². The molecule has 0 amide bonds. The Morgan fingerprint density at radius 1 is 0.862 bits per heavy atom. The first-order chi connectivity index (χ1) is 14.3. The van der Waals surface area contributed by atoms with Gasteiger partial charge in [0.25, 0.3) is 0 Å². The van der Waals surface area contributed by atoms with Crippen molar-refractivity contribution in [3.05, 3.63) is 84.4 Å². The Morgan fingerprint density at radius 3 is 2.31 bits per heavy atom. The molecule has 4 rings (SSSR count). The van der Waals surface area contributed by atoms with E-state index >= 15 is 0 Å². The summed E-state index contributed by atoms with van der Waals surface area (Å²) in [5.41, 5.74) is 4.89. The summed E-state index contributed by atoms with van der Waals surface area (Å²) in [5.74, 6) is 0.876. The number of para-hydroxylation sites is 1. The average molecular weight is 400 g/mol. The molecule has 0 atom stereocenters. The lowest BCUT2D eigenvalue weighted by Gasteiger charge is -2.17. The number of benzene rings is 3. The van der Waals surface area contributed by atoms with E-state index in [9.17, 15) is 0 Å². The van der Waals surface area contributed by atoms with Gasteiger partial charge in [0.1, 0.15) is 10.8 Å². The lowest BCUT2D eigenvalue weighted by atomic mass is 9.93. The minimum atomic E-state index is 0.876. The molecule has 29 heavy (non-hydrogen) atoms. The number of unbranched alkanes of at least 4 members (excludes halogenated alkanes) is 1. The molecule has 0 aliphatic heterocycles. The summed E-state index contributed by atoms with van der Waals surface area (Å²) in [4.78, 5) is 6.30. The van der Waals surface area contributed by atoms with Crippen LogP contribution in [0.3, 0.4) is 0 Å². The second kappa shape index (κ2) is 9.15. The van der Waals surface area contributed by atoms with Gasteiger partial charge in [0.05, 0.1) is 12.6 Å². The zero-order valence-corrected chi connectivity index (χ0v) is 17.7. The quantitative estimate of drug-likeness (QED) is 0.323. The first-order valence-electron chi connectivity index (χ1n) is 10.1. The minimum Gasteiger partial charge on any atom is -0.497 e. The van der Waals surface area contributed by atoms with Crippen LogP contribution >= 0.6 is 11.8 Å². The first-order valence-corrected chi connectivity index (χ1v) is 10.9. The van der Waals surface area contributed by atoms with E-state index in [4.69, 9.17) is 9.72 Å². The van der Waals surface area contributed by atoms with E-state index < -0.39 is 0 Å². The van der Waals surface area contributed by atoms with Gasteiger partial charge in [-0.05, 0) is 59.9 Å². The highest BCUT2D eigenvalue weighted by atomic mass is 32.2. The van der Waals surface area contributed by atoms with Crippen molar-refractivity contribution in [1.29, 1.82) is 0 Å². The van der Waals surface area contributed by atoms with Crippen LogP contribution in [0.25, 0.3) is 22.0 Å². The van der Waals surface area contributed by atoms with Gasteiger partial charge in [0.2, 0.25) is 0 Å². The molecule has 0 aliphatic rings. The number of pyridine rings is 1. The Labute approximate surface area is 177 Å². The molecule has 0 spiro atoms. The second-order valence-electron chi connectivity index (χ2n) is 7.03. The van der Waals surface area contributed by atoms with Crippen LogP contribution in [0.1, 0.15) is 25.3 Å². The molecule has 0 saturated carbocycles. The number of ether oxygens (including phenoxy) is 1. The number of rotatable bonds is 7. The Bertz CT molecular complexity index is 1090. The van der Waals surface area contributed by atoms with E-state index in [0.29, 0.717) is 0 Å². The minimum absolute atomic E-state index is 0.876. The summed E-state index contributed by atoms with van der Waals surface area (Å²) in [6.45, 7) is 2.24. The van der Waals surface area contributed by atoms with Crippen molar-refractivity contribution < 1.29 is 4.74 Å². The summed E-state index contributed by atoms with van der Waals surface area (Å²) < 4.78 is 5.37. The number of hydrogen-bond donors (Lipinski definition) is 0. The SMILES string of the molecule is CCCCc1c(Sc2ccccc2)nc2ccccc2c1-c1ccc(OC)cc1. The molecule has 0 N–H and O–H groups in total. The molecular weight excluding hydrogens is 374 g/mol. The molecule has 0 bridgehead atoms. The van der Waals surface area contributed by atoms with Crippen molar-refractivity contribution in [3.8, 4) is 16.9 Å². The van der Waals surface area contributed by atoms with Crippen molar-refractivity contribution in [2.45, 2.75) is 36.1 Å². The Hall–Kier alpha value is -2.78. The second-order valence-corrected chi connectivity index (χ2v) is 8.10. The van der Waals surface area contributed by atoms with Gasteiger partial charge in [-0.3, -0.25) is 0 Å². The van der Waals surface area contributed by atoms with Gasteiger partial charge in [-0.25, -0.2) is 4.98 Å². The van der Waals surface area contributed by atoms with E-state index in [0.717, 1.165) is 35.6 Å². The van der Waals surface area contributed by atoms with Crippen LogP contribution in [0.2, 0.25) is 0 Å². The zero-order valence-electron chi connectivity index (χ0n) is 16.9. The van der Waals surface area contributed by atoms with Gasteiger partial charge >= 0.3 is 0 Å². The highest BCUT2D eigenvalue weighted by Gasteiger charge is 2.17. The summed E-state index contributed by atoms with van der Waals surface area (Å²) in [6, 6.07) is 27.4. The molecular formula is C26H25NOS. The maximum Gasteiger partial charge on any atom is 0.118 e. The third kappa shape index (κ3) is 4.30. The molecule has 0 unspecified atom stereocenters. The van der Waals surface area contributed by atoms with E-state index in [1.807, 2.05) is 12.1 Å². The van der Waals surface area contributed by atoms with Crippen molar-refractivity contribution >= 4 is 22.7 Å². The Balaban J connectivity index is 1.94. The normalized spacial score (nSPS) is 11.0. The Kier molecular flexibility index (Phi) is 6.16. The van der Waals surface area contributed by atoms with Gasteiger partial charge in [0.15, 0.2) is 0 Å². The number of methoxy groups -OCH3 is 1. The summed E-state index contributed by atoms with van der Waals surface area (Å²) in [7, 11) is 1.71. The number of aromatic nitrogens is 1. The van der Waals surface area contributed by atoms with Gasteiger partial charge in [-0.1, -0.05) is 73.6 Å². The molecule has 3 aromatic carbocycles. The molecule has 2 nitrogen and oxygen atoms in total. The largest absolute Gasteiger partial charge is 0.497 e. The van der Waals surface area contributed by atoms with Crippen molar-refractivity contribution in [1.82, 2.24) is 4.98 Å². The van der Waals surface area contributed by atoms with Crippen LogP contribution in [0.4, 0.5) is 0 Å². The monoisotopic (exact) mass is 399 g/mol. The standard InChI is InChI=1S/C26H25NOS/c1-3-4-12-23-25(19-15-17-20(28-2)18-16-19)22-13-8-9-14-24(22)27-26(23)29-21-10-6-5-7-11-21/h5-11,13-18H,3-4,12H2,1-2H3. The first kappa shape index (κ1) is 19.5. The van der Waals surface area contributed by atoms with Gasteiger partial charge in [0, 0.05) is 10.3 Å². The molecule has 0 radical (unpaired) electrons.